The molecule has 3 aromatic rings. The molecule has 0 radical (unpaired) electrons. The summed E-state index contributed by atoms with van der Waals surface area (Å²) in [5.74, 6) is 0. The third-order valence-electron chi connectivity index (χ3n) is 3.57. The van der Waals surface area contributed by atoms with Crippen LogP contribution in [0.4, 0.5) is 0 Å². The number of rotatable bonds is 0. The highest BCUT2D eigenvalue weighted by Crippen LogP contribution is 2.41. The zero-order valence-electron chi connectivity index (χ0n) is 9.43. The molecular formula is C15H9Br2N. The molecule has 0 aliphatic heterocycles. The fourth-order valence-corrected chi connectivity index (χ4v) is 3.55. The van der Waals surface area contributed by atoms with Crippen LogP contribution in [0.25, 0.3) is 22.2 Å². The minimum atomic E-state index is 1.01. The summed E-state index contributed by atoms with van der Waals surface area (Å²) in [6.07, 6.45) is 1.01. The lowest BCUT2D eigenvalue weighted by Crippen LogP contribution is -1.82. The van der Waals surface area contributed by atoms with E-state index in [1.807, 2.05) is 0 Å². The van der Waals surface area contributed by atoms with Gasteiger partial charge in [0.25, 0.3) is 0 Å². The van der Waals surface area contributed by atoms with Gasteiger partial charge in [-0.2, -0.15) is 0 Å². The van der Waals surface area contributed by atoms with Crippen LogP contribution in [0.3, 0.4) is 0 Å². The molecule has 1 aliphatic carbocycles. The highest BCUT2D eigenvalue weighted by atomic mass is 79.9. The summed E-state index contributed by atoms with van der Waals surface area (Å²) in [4.78, 5) is 3.54. The third kappa shape index (κ3) is 1.44. The molecule has 18 heavy (non-hydrogen) atoms. The van der Waals surface area contributed by atoms with Gasteiger partial charge in [0, 0.05) is 31.8 Å². The van der Waals surface area contributed by atoms with Gasteiger partial charge in [0.1, 0.15) is 0 Å². The molecule has 0 amide bonds. The molecule has 4 rings (SSSR count). The minimum absolute atomic E-state index is 1.01. The van der Waals surface area contributed by atoms with E-state index in [0.29, 0.717) is 0 Å². The number of hydrogen-bond acceptors (Lipinski definition) is 0. The van der Waals surface area contributed by atoms with Crippen molar-refractivity contribution in [2.24, 2.45) is 0 Å². The molecule has 1 aliphatic rings. The Labute approximate surface area is 121 Å². The number of aromatic nitrogens is 1. The number of aromatic amines is 1. The van der Waals surface area contributed by atoms with Crippen LogP contribution in [0.2, 0.25) is 0 Å². The van der Waals surface area contributed by atoms with Gasteiger partial charge in [-0.1, -0.05) is 37.9 Å². The van der Waals surface area contributed by atoms with E-state index >= 15 is 0 Å². The van der Waals surface area contributed by atoms with Crippen LogP contribution in [-0.4, -0.2) is 4.98 Å². The molecule has 0 atom stereocenters. The maximum atomic E-state index is 3.55. The topological polar surface area (TPSA) is 15.8 Å². The van der Waals surface area contributed by atoms with Gasteiger partial charge >= 0.3 is 0 Å². The number of fused-ring (bicyclic) bond motifs is 5. The van der Waals surface area contributed by atoms with Crippen molar-refractivity contribution in [2.75, 3.05) is 0 Å². The minimum Gasteiger partial charge on any atom is -0.354 e. The van der Waals surface area contributed by atoms with Gasteiger partial charge in [-0.05, 0) is 41.5 Å². The first-order valence-corrected chi connectivity index (χ1v) is 7.40. The van der Waals surface area contributed by atoms with Crippen LogP contribution < -0.4 is 0 Å². The van der Waals surface area contributed by atoms with Crippen molar-refractivity contribution in [1.29, 1.82) is 0 Å². The summed E-state index contributed by atoms with van der Waals surface area (Å²) in [7, 11) is 0. The molecule has 3 heteroatoms. The van der Waals surface area contributed by atoms with Crippen molar-refractivity contribution in [3.8, 4) is 11.3 Å². The van der Waals surface area contributed by atoms with Crippen LogP contribution >= 0.6 is 31.9 Å². The lowest BCUT2D eigenvalue weighted by atomic mass is 10.1. The van der Waals surface area contributed by atoms with Crippen molar-refractivity contribution < 1.29 is 0 Å². The molecule has 0 fully saturated rings. The van der Waals surface area contributed by atoms with Gasteiger partial charge in [0.2, 0.25) is 0 Å². The van der Waals surface area contributed by atoms with Crippen LogP contribution in [0, 0.1) is 0 Å². The summed E-state index contributed by atoms with van der Waals surface area (Å²) in [5.41, 5.74) is 6.65. The number of benzene rings is 2. The predicted octanol–water partition coefficient (Wildman–Crippen LogP) is 5.26. The first-order chi connectivity index (χ1) is 8.72. The molecule has 0 bridgehead atoms. The van der Waals surface area contributed by atoms with E-state index in [4.69, 9.17) is 0 Å². The first kappa shape index (κ1) is 10.8. The summed E-state index contributed by atoms with van der Waals surface area (Å²) < 4.78 is 2.28. The average Bonchev–Trinajstić information content (AvgIpc) is 2.84. The van der Waals surface area contributed by atoms with Crippen LogP contribution in [-0.2, 0) is 6.42 Å². The molecule has 1 heterocycles. The van der Waals surface area contributed by atoms with E-state index in [0.717, 1.165) is 15.4 Å². The molecular weight excluding hydrogens is 354 g/mol. The van der Waals surface area contributed by atoms with Gasteiger partial charge in [-0.25, -0.2) is 0 Å². The summed E-state index contributed by atoms with van der Waals surface area (Å²) in [5, 5.41) is 1.33. The number of halogens is 2. The van der Waals surface area contributed by atoms with Gasteiger partial charge in [0.15, 0.2) is 0 Å². The van der Waals surface area contributed by atoms with E-state index in [-0.39, 0.29) is 0 Å². The average molecular weight is 363 g/mol. The summed E-state index contributed by atoms with van der Waals surface area (Å²) in [6.45, 7) is 0. The molecule has 1 nitrogen and oxygen atoms in total. The predicted molar refractivity (Wildman–Crippen MR) is 81.9 cm³/mol. The van der Waals surface area contributed by atoms with Crippen molar-refractivity contribution >= 4 is 42.8 Å². The van der Waals surface area contributed by atoms with E-state index < -0.39 is 0 Å². The van der Waals surface area contributed by atoms with Crippen molar-refractivity contribution in [3.05, 3.63) is 56.5 Å². The molecule has 1 aromatic heterocycles. The lowest BCUT2D eigenvalue weighted by molar-refractivity contribution is 1.28. The van der Waals surface area contributed by atoms with Crippen molar-refractivity contribution in [3.63, 3.8) is 0 Å². The summed E-state index contributed by atoms with van der Waals surface area (Å²) in [6, 6.07) is 12.9. The Kier molecular flexibility index (Phi) is 2.24. The highest BCUT2D eigenvalue weighted by molar-refractivity contribution is 9.10. The van der Waals surface area contributed by atoms with Gasteiger partial charge in [0.05, 0.1) is 5.69 Å². The Morgan fingerprint density at radius 3 is 2.61 bits per heavy atom. The number of nitrogens with one attached hydrogen (secondary N) is 1. The normalized spacial score (nSPS) is 12.8. The van der Waals surface area contributed by atoms with Crippen LogP contribution in [0.5, 0.6) is 0 Å². The molecule has 0 spiro atoms. The SMILES string of the molecule is Brc1ccc2c(c1)Cc1c-2[nH]c2ccc(Br)cc12. The highest BCUT2D eigenvalue weighted by Gasteiger charge is 2.22. The molecule has 0 unspecified atom stereocenters. The molecule has 1 N–H and O–H groups in total. The molecule has 2 aromatic carbocycles. The van der Waals surface area contributed by atoms with Crippen LogP contribution in [0.15, 0.2) is 45.3 Å². The fraction of sp³-hybridized carbons (Fsp3) is 0.0667. The van der Waals surface area contributed by atoms with E-state index in [2.05, 4.69) is 73.2 Å². The van der Waals surface area contributed by atoms with Crippen molar-refractivity contribution in [2.45, 2.75) is 6.42 Å². The van der Waals surface area contributed by atoms with E-state index in [9.17, 15) is 0 Å². The van der Waals surface area contributed by atoms with Crippen molar-refractivity contribution in [1.82, 2.24) is 4.98 Å². The summed E-state index contributed by atoms with van der Waals surface area (Å²) >= 11 is 7.09. The maximum Gasteiger partial charge on any atom is 0.0503 e. The Morgan fingerprint density at radius 1 is 0.944 bits per heavy atom. The molecule has 0 saturated heterocycles. The Balaban J connectivity index is 2.04. The van der Waals surface area contributed by atoms with E-state index in [1.165, 1.54) is 33.3 Å². The Morgan fingerprint density at radius 2 is 1.72 bits per heavy atom. The number of H-pyrrole nitrogens is 1. The van der Waals surface area contributed by atoms with Gasteiger partial charge < -0.3 is 4.98 Å². The second kappa shape index (κ2) is 3.72. The Hall–Kier alpha value is -1.06. The first-order valence-electron chi connectivity index (χ1n) is 5.81. The molecule has 88 valence electrons. The second-order valence-corrected chi connectivity index (χ2v) is 6.48. The van der Waals surface area contributed by atoms with Gasteiger partial charge in [-0.3, -0.25) is 0 Å². The fourth-order valence-electron chi connectivity index (χ4n) is 2.78. The zero-order valence-corrected chi connectivity index (χ0v) is 12.6. The zero-order chi connectivity index (χ0) is 12.3. The second-order valence-electron chi connectivity index (χ2n) is 4.65. The number of hydrogen-bond donors (Lipinski definition) is 1. The van der Waals surface area contributed by atoms with Gasteiger partial charge in [-0.15, -0.1) is 0 Å². The lowest BCUT2D eigenvalue weighted by Gasteiger charge is -2.00. The largest absolute Gasteiger partial charge is 0.354 e. The van der Waals surface area contributed by atoms with Crippen LogP contribution in [0.1, 0.15) is 11.1 Å². The standard InChI is InChI=1S/C15H9Br2N/c16-9-1-3-11-8(5-9)6-13-12-7-10(17)2-4-14(12)18-15(11)13/h1-5,7,18H,6H2. The van der Waals surface area contributed by atoms with E-state index in [1.54, 1.807) is 0 Å². The molecule has 0 saturated carbocycles. The smallest absolute Gasteiger partial charge is 0.0503 e. The third-order valence-corrected chi connectivity index (χ3v) is 4.56. The quantitative estimate of drug-likeness (QED) is 0.439. The monoisotopic (exact) mass is 361 g/mol. The Bertz CT molecular complexity index is 787. The maximum absolute atomic E-state index is 3.55.